The van der Waals surface area contributed by atoms with Crippen molar-refractivity contribution in [3.63, 3.8) is 0 Å². The number of ether oxygens (including phenoxy) is 2. The van der Waals surface area contributed by atoms with Crippen LogP contribution in [0.4, 0.5) is 0 Å². The van der Waals surface area contributed by atoms with Gasteiger partial charge in [-0.25, -0.2) is 4.79 Å². The van der Waals surface area contributed by atoms with E-state index in [1.165, 1.54) is 39.2 Å². The molecule has 136 valence electrons. The Morgan fingerprint density at radius 1 is 1.16 bits per heavy atom. The molecule has 1 amide bonds. The molecule has 1 unspecified atom stereocenters. The van der Waals surface area contributed by atoms with E-state index in [2.05, 4.69) is 0 Å². The van der Waals surface area contributed by atoms with Crippen LogP contribution in [0.2, 0.25) is 0 Å². The van der Waals surface area contributed by atoms with Crippen molar-refractivity contribution in [2.24, 2.45) is 5.92 Å². The number of amides is 1. The molecule has 2 aliphatic rings. The summed E-state index contributed by atoms with van der Waals surface area (Å²) < 4.78 is 10.7. The predicted molar refractivity (Wildman–Crippen MR) is 94.6 cm³/mol. The highest BCUT2D eigenvalue weighted by molar-refractivity contribution is 6.05. The van der Waals surface area contributed by atoms with E-state index >= 15 is 0 Å². The number of hydrogen-bond acceptors (Lipinski definition) is 4. The van der Waals surface area contributed by atoms with Gasteiger partial charge in [0.2, 0.25) is 0 Å². The molecule has 1 atom stereocenters. The fourth-order valence-electron chi connectivity index (χ4n) is 3.97. The van der Waals surface area contributed by atoms with Crippen LogP contribution in [0.1, 0.15) is 59.2 Å². The van der Waals surface area contributed by atoms with Gasteiger partial charge >= 0.3 is 5.97 Å². The number of morpholine rings is 1. The van der Waals surface area contributed by atoms with Crippen molar-refractivity contribution < 1.29 is 19.1 Å². The topological polar surface area (TPSA) is 55.8 Å². The molecule has 1 aromatic rings. The molecular formula is C20H27NO4. The fraction of sp³-hybridized carbons (Fsp3) is 0.600. The van der Waals surface area contributed by atoms with Gasteiger partial charge in [0.15, 0.2) is 0 Å². The summed E-state index contributed by atoms with van der Waals surface area (Å²) in [5, 5.41) is 0. The first-order valence-corrected chi connectivity index (χ1v) is 9.27. The van der Waals surface area contributed by atoms with Crippen LogP contribution in [0.15, 0.2) is 24.3 Å². The molecule has 5 nitrogen and oxygen atoms in total. The summed E-state index contributed by atoms with van der Waals surface area (Å²) in [4.78, 5) is 26.7. The number of benzene rings is 1. The third-order valence-corrected chi connectivity index (χ3v) is 5.31. The van der Waals surface area contributed by atoms with Crippen LogP contribution in [0.3, 0.4) is 0 Å². The summed E-state index contributed by atoms with van der Waals surface area (Å²) in [5.41, 5.74) is 0.734. The average molecular weight is 345 g/mol. The minimum atomic E-state index is -0.476. The van der Waals surface area contributed by atoms with Gasteiger partial charge in [-0.3, -0.25) is 4.79 Å². The van der Waals surface area contributed by atoms with Gasteiger partial charge in [0.1, 0.15) is 0 Å². The Kier molecular flexibility index (Phi) is 6.08. The van der Waals surface area contributed by atoms with Crippen LogP contribution in [0.5, 0.6) is 0 Å². The highest BCUT2D eigenvalue weighted by Crippen LogP contribution is 2.29. The van der Waals surface area contributed by atoms with Crippen molar-refractivity contribution in [1.29, 1.82) is 0 Å². The molecule has 1 aliphatic carbocycles. The molecule has 2 fully saturated rings. The van der Waals surface area contributed by atoms with E-state index in [4.69, 9.17) is 9.47 Å². The molecule has 1 saturated heterocycles. The second-order valence-corrected chi connectivity index (χ2v) is 7.02. The van der Waals surface area contributed by atoms with Crippen molar-refractivity contribution >= 4 is 11.9 Å². The molecule has 1 aliphatic heterocycles. The predicted octanol–water partition coefficient (Wildman–Crippen LogP) is 3.28. The van der Waals surface area contributed by atoms with Crippen molar-refractivity contribution in [2.45, 2.75) is 44.6 Å². The van der Waals surface area contributed by atoms with E-state index in [1.54, 1.807) is 24.3 Å². The summed E-state index contributed by atoms with van der Waals surface area (Å²) in [6.07, 6.45) is 7.65. The summed E-state index contributed by atoms with van der Waals surface area (Å²) in [6.45, 7) is 1.73. The number of carbonyl (C=O) groups is 2. The standard InChI is InChI=1S/C20H27NO4/c1-24-20(23)18-10-6-5-9-17(18)19(22)21-11-12-25-16(14-21)13-15-7-3-2-4-8-15/h5-6,9-10,15-16H,2-4,7-8,11-14H2,1H3. The molecule has 0 bridgehead atoms. The minimum absolute atomic E-state index is 0.103. The lowest BCUT2D eigenvalue weighted by molar-refractivity contribution is -0.0337. The van der Waals surface area contributed by atoms with E-state index in [0.717, 1.165) is 12.3 Å². The Morgan fingerprint density at radius 3 is 2.60 bits per heavy atom. The van der Waals surface area contributed by atoms with Crippen molar-refractivity contribution in [3.05, 3.63) is 35.4 Å². The van der Waals surface area contributed by atoms with Crippen molar-refractivity contribution in [1.82, 2.24) is 4.90 Å². The van der Waals surface area contributed by atoms with Crippen LogP contribution in [-0.4, -0.2) is 49.7 Å². The van der Waals surface area contributed by atoms with E-state index in [9.17, 15) is 9.59 Å². The van der Waals surface area contributed by atoms with Gasteiger partial charge in [0.25, 0.3) is 5.91 Å². The Hall–Kier alpha value is -1.88. The highest BCUT2D eigenvalue weighted by Gasteiger charge is 2.29. The van der Waals surface area contributed by atoms with E-state index in [0.29, 0.717) is 30.8 Å². The van der Waals surface area contributed by atoms with Gasteiger partial charge < -0.3 is 14.4 Å². The molecule has 3 rings (SSSR count). The van der Waals surface area contributed by atoms with Gasteiger partial charge in [-0.05, 0) is 24.5 Å². The zero-order valence-electron chi connectivity index (χ0n) is 14.9. The lowest BCUT2D eigenvalue weighted by Gasteiger charge is -2.35. The third-order valence-electron chi connectivity index (χ3n) is 5.31. The van der Waals surface area contributed by atoms with Crippen molar-refractivity contribution in [3.8, 4) is 0 Å². The Balaban J connectivity index is 1.67. The highest BCUT2D eigenvalue weighted by atomic mass is 16.5. The Bertz CT molecular complexity index is 609. The largest absolute Gasteiger partial charge is 0.465 e. The lowest BCUT2D eigenvalue weighted by Crippen LogP contribution is -2.46. The summed E-state index contributed by atoms with van der Waals surface area (Å²) in [5.74, 6) is 0.130. The SMILES string of the molecule is COC(=O)c1ccccc1C(=O)N1CCOC(CC2CCCCC2)C1. The third kappa shape index (κ3) is 4.40. The lowest BCUT2D eigenvalue weighted by atomic mass is 9.85. The molecule has 5 heteroatoms. The molecule has 0 N–H and O–H groups in total. The molecular weight excluding hydrogens is 318 g/mol. The number of carbonyl (C=O) groups excluding carboxylic acids is 2. The first kappa shape index (κ1) is 17.9. The summed E-state index contributed by atoms with van der Waals surface area (Å²) in [7, 11) is 1.33. The normalized spacial score (nSPS) is 21.8. The zero-order valence-corrected chi connectivity index (χ0v) is 14.9. The first-order valence-electron chi connectivity index (χ1n) is 9.27. The van der Waals surface area contributed by atoms with Crippen LogP contribution in [0, 0.1) is 5.92 Å². The summed E-state index contributed by atoms with van der Waals surface area (Å²) >= 11 is 0. The second-order valence-electron chi connectivity index (χ2n) is 7.02. The maximum absolute atomic E-state index is 12.9. The molecule has 0 radical (unpaired) electrons. The summed E-state index contributed by atoms with van der Waals surface area (Å²) in [6, 6.07) is 6.85. The van der Waals surface area contributed by atoms with Crippen LogP contribution in [0.25, 0.3) is 0 Å². The maximum atomic E-state index is 12.9. The Labute approximate surface area is 149 Å². The quantitative estimate of drug-likeness (QED) is 0.786. The van der Waals surface area contributed by atoms with E-state index < -0.39 is 5.97 Å². The molecule has 0 spiro atoms. The van der Waals surface area contributed by atoms with Crippen LogP contribution >= 0.6 is 0 Å². The Morgan fingerprint density at radius 2 is 1.88 bits per heavy atom. The zero-order chi connectivity index (χ0) is 17.6. The van der Waals surface area contributed by atoms with Gasteiger partial charge in [0.05, 0.1) is 30.9 Å². The maximum Gasteiger partial charge on any atom is 0.338 e. The average Bonchev–Trinajstić information content (AvgIpc) is 2.68. The number of nitrogens with zero attached hydrogens (tertiary/aromatic N) is 1. The number of hydrogen-bond donors (Lipinski definition) is 0. The van der Waals surface area contributed by atoms with Gasteiger partial charge in [0, 0.05) is 13.1 Å². The van der Waals surface area contributed by atoms with Crippen LogP contribution in [-0.2, 0) is 9.47 Å². The number of esters is 1. The number of methoxy groups -OCH3 is 1. The molecule has 25 heavy (non-hydrogen) atoms. The first-order chi connectivity index (χ1) is 12.2. The van der Waals surface area contributed by atoms with E-state index in [1.807, 2.05) is 4.90 Å². The van der Waals surface area contributed by atoms with E-state index in [-0.39, 0.29) is 12.0 Å². The molecule has 0 aromatic heterocycles. The van der Waals surface area contributed by atoms with Gasteiger partial charge in [-0.15, -0.1) is 0 Å². The molecule has 1 heterocycles. The van der Waals surface area contributed by atoms with Crippen molar-refractivity contribution in [2.75, 3.05) is 26.8 Å². The fourth-order valence-corrected chi connectivity index (χ4v) is 3.97. The van der Waals surface area contributed by atoms with Crippen LogP contribution < -0.4 is 0 Å². The molecule has 1 aromatic carbocycles. The smallest absolute Gasteiger partial charge is 0.338 e. The van der Waals surface area contributed by atoms with Gasteiger partial charge in [-0.1, -0.05) is 44.2 Å². The monoisotopic (exact) mass is 345 g/mol. The van der Waals surface area contributed by atoms with Gasteiger partial charge in [-0.2, -0.15) is 0 Å². The minimum Gasteiger partial charge on any atom is -0.465 e. The second kappa shape index (κ2) is 8.48. The molecule has 1 saturated carbocycles. The number of rotatable bonds is 4.